The highest BCUT2D eigenvalue weighted by Crippen LogP contribution is 2.28. The number of hydrogen-bond donors (Lipinski definition) is 2. The highest BCUT2D eigenvalue weighted by molar-refractivity contribution is 7.11. The zero-order valence-electron chi connectivity index (χ0n) is 18.5. The summed E-state index contributed by atoms with van der Waals surface area (Å²) in [5.74, 6) is 1.32. The third-order valence-electron chi connectivity index (χ3n) is 4.90. The Kier molecular flexibility index (Phi) is 8.91. The highest BCUT2D eigenvalue weighted by Gasteiger charge is 2.12. The van der Waals surface area contributed by atoms with Gasteiger partial charge in [-0.1, -0.05) is 36.4 Å². The van der Waals surface area contributed by atoms with Gasteiger partial charge in [0.05, 0.1) is 7.11 Å². The van der Waals surface area contributed by atoms with E-state index >= 15 is 0 Å². The van der Waals surface area contributed by atoms with Crippen LogP contribution in [0.3, 0.4) is 0 Å². The summed E-state index contributed by atoms with van der Waals surface area (Å²) < 4.78 is 11.4. The van der Waals surface area contributed by atoms with Gasteiger partial charge in [0.2, 0.25) is 0 Å². The molecular formula is C25H32N2O3S. The van der Waals surface area contributed by atoms with E-state index in [1.165, 1.54) is 15.3 Å². The average molecular weight is 441 g/mol. The molecule has 0 fully saturated rings. The number of likely N-dealkylation sites (N-methyl/N-ethyl adjacent to an activating group) is 1. The summed E-state index contributed by atoms with van der Waals surface area (Å²) in [5.41, 5.74) is 2.33. The van der Waals surface area contributed by atoms with Gasteiger partial charge in [0.15, 0.2) is 11.5 Å². The van der Waals surface area contributed by atoms with Crippen molar-refractivity contribution in [2.75, 3.05) is 27.3 Å². The van der Waals surface area contributed by atoms with Crippen LogP contribution in [0.4, 0.5) is 0 Å². The molecule has 0 amide bonds. The predicted molar refractivity (Wildman–Crippen MR) is 127 cm³/mol. The summed E-state index contributed by atoms with van der Waals surface area (Å²) in [7, 11) is 3.63. The van der Waals surface area contributed by atoms with Gasteiger partial charge in [-0.15, -0.1) is 11.3 Å². The molecule has 2 aromatic carbocycles. The minimum absolute atomic E-state index is 0.209. The average Bonchev–Trinajstić information content (AvgIpc) is 3.18. The Morgan fingerprint density at radius 3 is 2.52 bits per heavy atom. The summed E-state index contributed by atoms with van der Waals surface area (Å²) >= 11 is 1.81. The number of benzene rings is 2. The number of aliphatic hydroxyl groups excluding tert-OH is 1. The van der Waals surface area contributed by atoms with Crippen molar-refractivity contribution in [2.45, 2.75) is 32.7 Å². The monoisotopic (exact) mass is 440 g/mol. The maximum atomic E-state index is 10.4. The molecule has 1 aromatic heterocycles. The molecule has 31 heavy (non-hydrogen) atoms. The van der Waals surface area contributed by atoms with Crippen molar-refractivity contribution >= 4 is 11.3 Å². The van der Waals surface area contributed by atoms with Crippen LogP contribution in [-0.4, -0.2) is 43.4 Å². The highest BCUT2D eigenvalue weighted by atomic mass is 32.1. The van der Waals surface area contributed by atoms with E-state index in [9.17, 15) is 5.11 Å². The van der Waals surface area contributed by atoms with Gasteiger partial charge in [0, 0.05) is 35.9 Å². The molecule has 0 saturated heterocycles. The van der Waals surface area contributed by atoms with Crippen molar-refractivity contribution in [2.24, 2.45) is 0 Å². The zero-order chi connectivity index (χ0) is 22.1. The second-order valence-corrected chi connectivity index (χ2v) is 9.12. The van der Waals surface area contributed by atoms with Crippen LogP contribution in [0.15, 0.2) is 60.7 Å². The van der Waals surface area contributed by atoms with Crippen molar-refractivity contribution in [3.05, 3.63) is 81.5 Å². The first-order valence-electron chi connectivity index (χ1n) is 10.5. The van der Waals surface area contributed by atoms with Gasteiger partial charge in [-0.05, 0) is 49.4 Å². The lowest BCUT2D eigenvalue weighted by atomic mass is 10.2. The summed E-state index contributed by atoms with van der Waals surface area (Å²) in [6.45, 7) is 5.22. The van der Waals surface area contributed by atoms with Crippen molar-refractivity contribution in [1.29, 1.82) is 0 Å². The normalized spacial score (nSPS) is 12.2. The van der Waals surface area contributed by atoms with Crippen molar-refractivity contribution in [1.82, 2.24) is 10.2 Å². The smallest absolute Gasteiger partial charge is 0.161 e. The summed E-state index contributed by atoms with van der Waals surface area (Å²) in [4.78, 5) is 4.74. The Bertz CT molecular complexity index is 930. The first-order chi connectivity index (χ1) is 15.0. The van der Waals surface area contributed by atoms with Crippen LogP contribution in [0.25, 0.3) is 0 Å². The number of thiophene rings is 1. The van der Waals surface area contributed by atoms with Crippen LogP contribution < -0.4 is 14.8 Å². The van der Waals surface area contributed by atoms with Crippen LogP contribution in [0, 0.1) is 6.92 Å². The third-order valence-corrected chi connectivity index (χ3v) is 5.90. The molecule has 0 aliphatic rings. The van der Waals surface area contributed by atoms with E-state index in [1.54, 1.807) is 7.11 Å². The van der Waals surface area contributed by atoms with Crippen LogP contribution in [-0.2, 0) is 19.6 Å². The number of methoxy groups -OCH3 is 1. The number of rotatable bonds is 12. The molecule has 0 saturated carbocycles. The van der Waals surface area contributed by atoms with Crippen molar-refractivity contribution in [3.8, 4) is 11.5 Å². The van der Waals surface area contributed by atoms with Gasteiger partial charge < -0.3 is 19.9 Å². The summed E-state index contributed by atoms with van der Waals surface area (Å²) in [6.07, 6.45) is -0.595. The van der Waals surface area contributed by atoms with Gasteiger partial charge >= 0.3 is 0 Å². The molecule has 3 rings (SSSR count). The van der Waals surface area contributed by atoms with Gasteiger partial charge in [0.25, 0.3) is 0 Å². The molecule has 0 bridgehead atoms. The first-order valence-corrected chi connectivity index (χ1v) is 11.3. The SMILES string of the molecule is COc1ccc(CNCc2ccc(C)s2)cc1OCC(O)CN(C)Cc1ccccc1. The fraction of sp³-hybridized carbons (Fsp3) is 0.360. The summed E-state index contributed by atoms with van der Waals surface area (Å²) in [6, 6.07) is 20.5. The molecular weight excluding hydrogens is 408 g/mol. The van der Waals surface area contributed by atoms with Crippen molar-refractivity contribution < 1.29 is 14.6 Å². The van der Waals surface area contributed by atoms with Crippen LogP contribution >= 0.6 is 11.3 Å². The lowest BCUT2D eigenvalue weighted by Gasteiger charge is -2.21. The van der Waals surface area contributed by atoms with E-state index in [4.69, 9.17) is 9.47 Å². The Labute approximate surface area is 189 Å². The second kappa shape index (κ2) is 11.9. The predicted octanol–water partition coefficient (Wildman–Crippen LogP) is 4.23. The molecule has 1 heterocycles. The quantitative estimate of drug-likeness (QED) is 0.442. The first kappa shape index (κ1) is 23.3. The topological polar surface area (TPSA) is 54.0 Å². The molecule has 0 spiro atoms. The molecule has 0 aliphatic carbocycles. The maximum Gasteiger partial charge on any atom is 0.161 e. The Balaban J connectivity index is 1.49. The molecule has 0 radical (unpaired) electrons. The summed E-state index contributed by atoms with van der Waals surface area (Å²) in [5, 5.41) is 13.9. The van der Waals surface area contributed by atoms with E-state index in [2.05, 4.69) is 41.4 Å². The van der Waals surface area contributed by atoms with Gasteiger partial charge in [-0.25, -0.2) is 0 Å². The Morgan fingerprint density at radius 1 is 1.00 bits per heavy atom. The number of aryl methyl sites for hydroxylation is 1. The molecule has 5 nitrogen and oxygen atoms in total. The molecule has 3 aromatic rings. The maximum absolute atomic E-state index is 10.4. The number of hydrogen-bond acceptors (Lipinski definition) is 6. The molecule has 2 N–H and O–H groups in total. The van der Waals surface area contributed by atoms with Crippen molar-refractivity contribution in [3.63, 3.8) is 0 Å². The second-order valence-electron chi connectivity index (χ2n) is 7.75. The third kappa shape index (κ3) is 7.67. The van der Waals surface area contributed by atoms with Gasteiger partial charge in [-0.2, -0.15) is 0 Å². The van der Waals surface area contributed by atoms with Gasteiger partial charge in [-0.3, -0.25) is 4.90 Å². The molecule has 6 heteroatoms. The Hall–Kier alpha value is -2.38. The zero-order valence-corrected chi connectivity index (χ0v) is 19.3. The minimum Gasteiger partial charge on any atom is -0.493 e. The number of ether oxygens (including phenoxy) is 2. The Morgan fingerprint density at radius 2 is 1.81 bits per heavy atom. The van der Waals surface area contributed by atoms with E-state index in [-0.39, 0.29) is 6.61 Å². The van der Waals surface area contributed by atoms with E-state index < -0.39 is 6.10 Å². The van der Waals surface area contributed by atoms with Crippen LogP contribution in [0.5, 0.6) is 11.5 Å². The number of nitrogens with one attached hydrogen (secondary N) is 1. The molecule has 1 unspecified atom stereocenters. The largest absolute Gasteiger partial charge is 0.493 e. The molecule has 1 atom stereocenters. The van der Waals surface area contributed by atoms with Crippen LogP contribution in [0.1, 0.15) is 20.9 Å². The van der Waals surface area contributed by atoms with Gasteiger partial charge in [0.1, 0.15) is 12.7 Å². The number of nitrogens with zero attached hydrogens (tertiary/aromatic N) is 1. The fourth-order valence-corrected chi connectivity index (χ4v) is 4.27. The fourth-order valence-electron chi connectivity index (χ4n) is 3.41. The lowest BCUT2D eigenvalue weighted by Crippen LogP contribution is -2.32. The lowest BCUT2D eigenvalue weighted by molar-refractivity contribution is 0.0732. The minimum atomic E-state index is -0.595. The molecule has 166 valence electrons. The van der Waals surface area contributed by atoms with E-state index in [1.807, 2.05) is 54.8 Å². The van der Waals surface area contributed by atoms with E-state index in [0.29, 0.717) is 18.0 Å². The van der Waals surface area contributed by atoms with E-state index in [0.717, 1.165) is 25.2 Å². The standard InChI is InChI=1S/C25H32N2O3S/c1-19-9-11-23(31-19)15-26-14-21-10-12-24(29-3)25(13-21)30-18-22(28)17-27(2)16-20-7-5-4-6-8-20/h4-13,22,26,28H,14-18H2,1-3H3. The number of aliphatic hydroxyl groups is 1. The van der Waals surface area contributed by atoms with Crippen LogP contribution in [0.2, 0.25) is 0 Å². The molecule has 0 aliphatic heterocycles.